The van der Waals surface area contributed by atoms with Gasteiger partial charge >= 0.3 is 0 Å². The molecule has 1 aliphatic heterocycles. The highest BCUT2D eigenvalue weighted by Gasteiger charge is 2.34. The molecule has 1 fully saturated rings. The van der Waals surface area contributed by atoms with E-state index in [1.165, 1.54) is 0 Å². The maximum atomic E-state index is 13.1. The average molecular weight is 366 g/mol. The molecule has 1 amide bonds. The number of hydrogen-bond donors (Lipinski definition) is 0. The standard InChI is InChI=1S/C20H22N4O3/c1-3-24-17(10-11-21-24)16-8-6-12-23(16)20(25)15-13-19(27-22-15)14-7-4-5-9-18(14)26-2/h4-5,7,9-11,13,16H,3,6,8,12H2,1-2H3. The number of ether oxygens (including phenoxy) is 1. The zero-order valence-corrected chi connectivity index (χ0v) is 15.5. The van der Waals surface area contributed by atoms with Crippen LogP contribution in [-0.4, -0.2) is 39.4 Å². The highest BCUT2D eigenvalue weighted by atomic mass is 16.5. The lowest BCUT2D eigenvalue weighted by Gasteiger charge is -2.24. The third-order valence-electron chi connectivity index (χ3n) is 5.01. The Morgan fingerprint density at radius 1 is 1.33 bits per heavy atom. The maximum Gasteiger partial charge on any atom is 0.276 e. The van der Waals surface area contributed by atoms with Crippen LogP contribution in [-0.2, 0) is 6.54 Å². The Bertz CT molecular complexity index is 946. The van der Waals surface area contributed by atoms with Gasteiger partial charge in [0.15, 0.2) is 11.5 Å². The van der Waals surface area contributed by atoms with E-state index in [-0.39, 0.29) is 11.9 Å². The molecule has 3 aromatic rings. The fourth-order valence-electron chi connectivity index (χ4n) is 3.71. The van der Waals surface area contributed by atoms with Crippen molar-refractivity contribution < 1.29 is 14.1 Å². The normalized spacial score (nSPS) is 16.7. The highest BCUT2D eigenvalue weighted by Crippen LogP contribution is 2.34. The Morgan fingerprint density at radius 2 is 2.19 bits per heavy atom. The second kappa shape index (κ2) is 7.26. The molecule has 0 saturated carbocycles. The number of para-hydroxylation sites is 1. The summed E-state index contributed by atoms with van der Waals surface area (Å²) in [7, 11) is 1.60. The second-order valence-corrected chi connectivity index (χ2v) is 6.51. The quantitative estimate of drug-likeness (QED) is 0.690. The lowest BCUT2D eigenvalue weighted by molar-refractivity contribution is 0.0719. The van der Waals surface area contributed by atoms with Gasteiger partial charge in [0.25, 0.3) is 5.91 Å². The second-order valence-electron chi connectivity index (χ2n) is 6.51. The molecule has 7 heteroatoms. The molecule has 7 nitrogen and oxygen atoms in total. The number of rotatable bonds is 5. The topological polar surface area (TPSA) is 73.4 Å². The van der Waals surface area contributed by atoms with Crippen LogP contribution in [0.3, 0.4) is 0 Å². The molecule has 140 valence electrons. The van der Waals surface area contributed by atoms with Gasteiger partial charge in [-0.2, -0.15) is 5.10 Å². The van der Waals surface area contributed by atoms with E-state index in [4.69, 9.17) is 9.26 Å². The minimum absolute atomic E-state index is 0.0198. The predicted molar refractivity (Wildman–Crippen MR) is 99.4 cm³/mol. The number of nitrogens with zero attached hydrogens (tertiary/aromatic N) is 4. The lowest BCUT2D eigenvalue weighted by atomic mass is 10.1. The van der Waals surface area contributed by atoms with Crippen LogP contribution in [0.5, 0.6) is 5.75 Å². The summed E-state index contributed by atoms with van der Waals surface area (Å²) >= 11 is 0. The summed E-state index contributed by atoms with van der Waals surface area (Å²) in [4.78, 5) is 15.0. The zero-order chi connectivity index (χ0) is 18.8. The van der Waals surface area contributed by atoms with E-state index in [1.54, 1.807) is 19.4 Å². The molecule has 1 aromatic carbocycles. The van der Waals surface area contributed by atoms with Gasteiger partial charge in [0.1, 0.15) is 5.75 Å². The Kier molecular flexibility index (Phi) is 4.66. The molecule has 3 heterocycles. The molecule has 1 atom stereocenters. The summed E-state index contributed by atoms with van der Waals surface area (Å²) in [5.41, 5.74) is 2.15. The summed E-state index contributed by atoms with van der Waals surface area (Å²) in [5, 5.41) is 8.37. The zero-order valence-electron chi connectivity index (χ0n) is 15.5. The van der Waals surface area contributed by atoms with Crippen LogP contribution in [0, 0.1) is 0 Å². The van der Waals surface area contributed by atoms with E-state index in [0.29, 0.717) is 23.7 Å². The van der Waals surface area contributed by atoms with Crippen molar-refractivity contribution in [2.75, 3.05) is 13.7 Å². The van der Waals surface area contributed by atoms with E-state index < -0.39 is 0 Å². The first-order valence-electron chi connectivity index (χ1n) is 9.15. The van der Waals surface area contributed by atoms with E-state index in [2.05, 4.69) is 17.2 Å². The number of methoxy groups -OCH3 is 1. The monoisotopic (exact) mass is 366 g/mol. The Balaban J connectivity index is 1.61. The van der Waals surface area contributed by atoms with E-state index in [0.717, 1.165) is 30.6 Å². The van der Waals surface area contributed by atoms with Crippen LogP contribution in [0.25, 0.3) is 11.3 Å². The molecule has 1 saturated heterocycles. The molecular formula is C20H22N4O3. The first kappa shape index (κ1) is 17.3. The van der Waals surface area contributed by atoms with Gasteiger partial charge in [0, 0.05) is 25.4 Å². The molecule has 0 aliphatic carbocycles. The first-order chi connectivity index (χ1) is 13.2. The van der Waals surface area contributed by atoms with Crippen LogP contribution in [0.15, 0.2) is 47.1 Å². The van der Waals surface area contributed by atoms with E-state index >= 15 is 0 Å². The summed E-state index contributed by atoms with van der Waals surface area (Å²) in [6, 6.07) is 11.2. The molecule has 27 heavy (non-hydrogen) atoms. The summed E-state index contributed by atoms with van der Waals surface area (Å²) in [6.45, 7) is 3.53. The van der Waals surface area contributed by atoms with Gasteiger partial charge in [0.05, 0.1) is 24.4 Å². The molecule has 1 unspecified atom stereocenters. The van der Waals surface area contributed by atoms with Crippen molar-refractivity contribution in [3.8, 4) is 17.1 Å². The molecule has 0 radical (unpaired) electrons. The first-order valence-corrected chi connectivity index (χ1v) is 9.15. The number of amides is 1. The van der Waals surface area contributed by atoms with Crippen molar-refractivity contribution >= 4 is 5.91 Å². The van der Waals surface area contributed by atoms with Crippen molar-refractivity contribution in [2.45, 2.75) is 32.4 Å². The van der Waals surface area contributed by atoms with Crippen LogP contribution in [0.1, 0.15) is 42.0 Å². The smallest absolute Gasteiger partial charge is 0.276 e. The van der Waals surface area contributed by atoms with Crippen molar-refractivity contribution in [1.82, 2.24) is 19.8 Å². The number of likely N-dealkylation sites (tertiary alicyclic amines) is 1. The third kappa shape index (κ3) is 3.09. The van der Waals surface area contributed by atoms with E-state index in [1.807, 2.05) is 39.9 Å². The summed E-state index contributed by atoms with van der Waals surface area (Å²) in [6.07, 6.45) is 3.67. The predicted octanol–water partition coefficient (Wildman–Crippen LogP) is 3.54. The van der Waals surface area contributed by atoms with Gasteiger partial charge < -0.3 is 14.2 Å². The molecule has 0 bridgehead atoms. The maximum absolute atomic E-state index is 13.1. The minimum atomic E-state index is -0.119. The molecule has 4 rings (SSSR count). The fourth-order valence-corrected chi connectivity index (χ4v) is 3.71. The Labute approximate surface area is 157 Å². The Hall–Kier alpha value is -3.09. The Morgan fingerprint density at radius 3 is 3.00 bits per heavy atom. The fraction of sp³-hybridized carbons (Fsp3) is 0.350. The van der Waals surface area contributed by atoms with Gasteiger partial charge in [0.2, 0.25) is 0 Å². The highest BCUT2D eigenvalue weighted by molar-refractivity contribution is 5.93. The molecular weight excluding hydrogens is 344 g/mol. The number of carbonyl (C=O) groups excluding carboxylic acids is 1. The number of carbonyl (C=O) groups is 1. The van der Waals surface area contributed by atoms with E-state index in [9.17, 15) is 4.79 Å². The lowest BCUT2D eigenvalue weighted by Crippen LogP contribution is -2.32. The number of aryl methyl sites for hydroxylation is 1. The van der Waals surface area contributed by atoms with Crippen molar-refractivity contribution in [2.24, 2.45) is 0 Å². The molecule has 0 N–H and O–H groups in total. The van der Waals surface area contributed by atoms with Crippen LogP contribution < -0.4 is 4.74 Å². The molecule has 1 aliphatic rings. The van der Waals surface area contributed by atoms with Gasteiger partial charge in [-0.3, -0.25) is 9.48 Å². The van der Waals surface area contributed by atoms with Crippen LogP contribution in [0.2, 0.25) is 0 Å². The van der Waals surface area contributed by atoms with Gasteiger partial charge in [-0.05, 0) is 38.0 Å². The minimum Gasteiger partial charge on any atom is -0.496 e. The average Bonchev–Trinajstić information content (AvgIpc) is 3.46. The van der Waals surface area contributed by atoms with Gasteiger partial charge in [-0.1, -0.05) is 17.3 Å². The van der Waals surface area contributed by atoms with Crippen LogP contribution >= 0.6 is 0 Å². The number of aromatic nitrogens is 3. The molecule has 2 aromatic heterocycles. The summed E-state index contributed by atoms with van der Waals surface area (Å²) < 4.78 is 12.8. The molecule has 0 spiro atoms. The van der Waals surface area contributed by atoms with Crippen molar-refractivity contribution in [3.63, 3.8) is 0 Å². The largest absolute Gasteiger partial charge is 0.496 e. The van der Waals surface area contributed by atoms with Gasteiger partial charge in [-0.25, -0.2) is 0 Å². The van der Waals surface area contributed by atoms with Crippen molar-refractivity contribution in [3.05, 3.63) is 54.0 Å². The van der Waals surface area contributed by atoms with Gasteiger partial charge in [-0.15, -0.1) is 0 Å². The summed E-state index contributed by atoms with van der Waals surface area (Å²) in [5.74, 6) is 1.08. The number of benzene rings is 1. The SMILES string of the molecule is CCn1nccc1C1CCCN1C(=O)c1cc(-c2ccccc2OC)on1. The van der Waals surface area contributed by atoms with Crippen molar-refractivity contribution in [1.29, 1.82) is 0 Å². The number of hydrogen-bond acceptors (Lipinski definition) is 5. The van der Waals surface area contributed by atoms with Crippen LogP contribution in [0.4, 0.5) is 0 Å². The third-order valence-corrected chi connectivity index (χ3v) is 5.01.